The van der Waals surface area contributed by atoms with Gasteiger partial charge >= 0.3 is 0 Å². The first-order valence-electron chi connectivity index (χ1n) is 7.13. The maximum absolute atomic E-state index is 5.92. The maximum Gasteiger partial charge on any atom is 0.147 e. The van der Waals surface area contributed by atoms with Crippen molar-refractivity contribution in [2.24, 2.45) is 5.41 Å². The molecule has 0 atom stereocenters. The molecule has 0 aliphatic heterocycles. The Morgan fingerprint density at radius 2 is 2.05 bits per heavy atom. The lowest BCUT2D eigenvalue weighted by Gasteiger charge is -2.21. The molecule has 0 bridgehead atoms. The van der Waals surface area contributed by atoms with Crippen LogP contribution in [0.3, 0.4) is 0 Å². The topological polar surface area (TPSA) is 27.1 Å². The normalized spacial score (nSPS) is 12.1. The molecule has 0 aliphatic rings. The van der Waals surface area contributed by atoms with Crippen molar-refractivity contribution < 1.29 is 4.74 Å². The molecule has 0 fully saturated rings. The molecule has 1 aromatic heterocycles. The molecule has 2 rings (SSSR count). The molecule has 0 saturated heterocycles. The molecule has 0 amide bonds. The predicted octanol–water partition coefficient (Wildman–Crippen LogP) is 4.26. The highest BCUT2D eigenvalue weighted by molar-refractivity contribution is 6.17. The number of halogens is 1. The highest BCUT2D eigenvalue weighted by Crippen LogP contribution is 2.29. The van der Waals surface area contributed by atoms with E-state index in [1.807, 2.05) is 19.1 Å². The quantitative estimate of drug-likeness (QED) is 0.770. The molecule has 3 nitrogen and oxygen atoms in total. The Kier molecular flexibility index (Phi) is 4.59. The monoisotopic (exact) mass is 294 g/mol. The van der Waals surface area contributed by atoms with Crippen molar-refractivity contribution in [2.45, 2.75) is 40.7 Å². The summed E-state index contributed by atoms with van der Waals surface area (Å²) in [4.78, 5) is 4.76. The van der Waals surface area contributed by atoms with E-state index in [0.717, 1.165) is 35.6 Å². The second-order valence-electron chi connectivity index (χ2n) is 6.17. The SMILES string of the molecule is CCOc1cccc2c1nc(CCCl)n2CC(C)(C)C. The highest BCUT2D eigenvalue weighted by Gasteiger charge is 2.19. The van der Waals surface area contributed by atoms with Gasteiger partial charge in [0.25, 0.3) is 0 Å². The zero-order valence-corrected chi connectivity index (χ0v) is 13.5. The van der Waals surface area contributed by atoms with Gasteiger partial charge in [0, 0.05) is 18.8 Å². The third-order valence-electron chi connectivity index (χ3n) is 3.07. The number of nitrogens with zero attached hydrogens (tertiary/aromatic N) is 2. The van der Waals surface area contributed by atoms with Crippen molar-refractivity contribution >= 4 is 22.6 Å². The summed E-state index contributed by atoms with van der Waals surface area (Å²) in [5, 5.41) is 0. The zero-order valence-electron chi connectivity index (χ0n) is 12.7. The van der Waals surface area contributed by atoms with Gasteiger partial charge in [-0.1, -0.05) is 26.8 Å². The van der Waals surface area contributed by atoms with E-state index < -0.39 is 0 Å². The fraction of sp³-hybridized carbons (Fsp3) is 0.562. The second kappa shape index (κ2) is 6.04. The van der Waals surface area contributed by atoms with Crippen LogP contribution in [-0.4, -0.2) is 22.0 Å². The van der Waals surface area contributed by atoms with E-state index in [2.05, 4.69) is 31.4 Å². The Morgan fingerprint density at radius 3 is 2.65 bits per heavy atom. The Morgan fingerprint density at radius 1 is 1.30 bits per heavy atom. The number of aromatic nitrogens is 2. The van der Waals surface area contributed by atoms with E-state index >= 15 is 0 Å². The van der Waals surface area contributed by atoms with Crippen LogP contribution in [0.4, 0.5) is 0 Å². The van der Waals surface area contributed by atoms with Crippen LogP contribution in [0.2, 0.25) is 0 Å². The summed E-state index contributed by atoms with van der Waals surface area (Å²) >= 11 is 5.92. The molecule has 0 saturated carbocycles. The number of aryl methyl sites for hydroxylation is 1. The Bertz CT molecular complexity index is 584. The third kappa shape index (κ3) is 3.26. The fourth-order valence-corrected chi connectivity index (χ4v) is 2.54. The van der Waals surface area contributed by atoms with E-state index in [1.165, 1.54) is 0 Å². The van der Waals surface area contributed by atoms with Gasteiger partial charge in [-0.3, -0.25) is 0 Å². The first kappa shape index (κ1) is 15.2. The van der Waals surface area contributed by atoms with Crippen LogP contribution < -0.4 is 4.74 Å². The van der Waals surface area contributed by atoms with Crippen molar-refractivity contribution in [3.63, 3.8) is 0 Å². The molecule has 0 aliphatic carbocycles. The van der Waals surface area contributed by atoms with E-state index in [4.69, 9.17) is 21.3 Å². The molecule has 2 aromatic rings. The highest BCUT2D eigenvalue weighted by atomic mass is 35.5. The van der Waals surface area contributed by atoms with Gasteiger partial charge in [-0.05, 0) is 24.5 Å². The number of hydrogen-bond acceptors (Lipinski definition) is 2. The van der Waals surface area contributed by atoms with Gasteiger partial charge in [-0.25, -0.2) is 4.98 Å². The molecule has 0 N–H and O–H groups in total. The molecular weight excluding hydrogens is 272 g/mol. The first-order valence-corrected chi connectivity index (χ1v) is 7.66. The molecule has 1 aromatic carbocycles. The molecular formula is C16H23ClN2O. The van der Waals surface area contributed by atoms with Gasteiger partial charge in [-0.2, -0.15) is 0 Å². The number of hydrogen-bond donors (Lipinski definition) is 0. The number of alkyl halides is 1. The molecule has 4 heteroatoms. The number of rotatable bonds is 5. The largest absolute Gasteiger partial charge is 0.492 e. The van der Waals surface area contributed by atoms with Gasteiger partial charge in [0.1, 0.15) is 17.1 Å². The van der Waals surface area contributed by atoms with Crippen LogP contribution in [0.15, 0.2) is 18.2 Å². The van der Waals surface area contributed by atoms with Crippen LogP contribution in [-0.2, 0) is 13.0 Å². The summed E-state index contributed by atoms with van der Waals surface area (Å²) in [6.07, 6.45) is 0.776. The van der Waals surface area contributed by atoms with Crippen LogP contribution in [0.1, 0.15) is 33.5 Å². The van der Waals surface area contributed by atoms with E-state index in [9.17, 15) is 0 Å². The lowest BCUT2D eigenvalue weighted by molar-refractivity contribution is 0.342. The summed E-state index contributed by atoms with van der Waals surface area (Å²) in [6.45, 7) is 10.3. The van der Waals surface area contributed by atoms with Crippen LogP contribution in [0.25, 0.3) is 11.0 Å². The van der Waals surface area contributed by atoms with Gasteiger partial charge in [-0.15, -0.1) is 11.6 Å². The lowest BCUT2D eigenvalue weighted by Crippen LogP contribution is -2.17. The maximum atomic E-state index is 5.92. The van der Waals surface area contributed by atoms with E-state index in [0.29, 0.717) is 12.5 Å². The Hall–Kier alpha value is -1.22. The summed E-state index contributed by atoms with van der Waals surface area (Å²) in [6, 6.07) is 6.11. The minimum absolute atomic E-state index is 0.191. The molecule has 110 valence electrons. The number of imidazole rings is 1. The van der Waals surface area contributed by atoms with Gasteiger partial charge in [0.2, 0.25) is 0 Å². The van der Waals surface area contributed by atoms with Crippen LogP contribution in [0, 0.1) is 5.41 Å². The average molecular weight is 295 g/mol. The van der Waals surface area contributed by atoms with Gasteiger partial charge < -0.3 is 9.30 Å². The summed E-state index contributed by atoms with van der Waals surface area (Å²) in [5.74, 6) is 2.47. The van der Waals surface area contributed by atoms with Gasteiger partial charge in [0.15, 0.2) is 0 Å². The van der Waals surface area contributed by atoms with Gasteiger partial charge in [0.05, 0.1) is 12.1 Å². The second-order valence-corrected chi connectivity index (χ2v) is 6.55. The molecule has 20 heavy (non-hydrogen) atoms. The fourth-order valence-electron chi connectivity index (χ4n) is 2.37. The summed E-state index contributed by atoms with van der Waals surface area (Å²) < 4.78 is 7.96. The first-order chi connectivity index (χ1) is 9.46. The van der Waals surface area contributed by atoms with Crippen LogP contribution in [0.5, 0.6) is 5.75 Å². The van der Waals surface area contributed by atoms with E-state index in [-0.39, 0.29) is 5.41 Å². The molecule has 0 unspecified atom stereocenters. The smallest absolute Gasteiger partial charge is 0.147 e. The summed E-state index contributed by atoms with van der Waals surface area (Å²) in [7, 11) is 0. The van der Waals surface area contributed by atoms with E-state index in [1.54, 1.807) is 0 Å². The number of para-hydroxylation sites is 1. The molecule has 0 spiro atoms. The third-order valence-corrected chi connectivity index (χ3v) is 3.26. The van der Waals surface area contributed by atoms with Crippen molar-refractivity contribution in [2.75, 3.05) is 12.5 Å². The minimum atomic E-state index is 0.191. The minimum Gasteiger partial charge on any atom is -0.492 e. The van der Waals surface area contributed by atoms with Crippen LogP contribution >= 0.6 is 11.6 Å². The molecule has 0 radical (unpaired) electrons. The van der Waals surface area contributed by atoms with Crippen molar-refractivity contribution in [1.29, 1.82) is 0 Å². The zero-order chi connectivity index (χ0) is 14.8. The average Bonchev–Trinajstić information content (AvgIpc) is 2.68. The lowest BCUT2D eigenvalue weighted by atomic mass is 9.96. The number of benzene rings is 1. The predicted molar refractivity (Wildman–Crippen MR) is 84.8 cm³/mol. The Balaban J connectivity index is 2.57. The summed E-state index contributed by atoms with van der Waals surface area (Å²) in [5.41, 5.74) is 2.26. The number of ether oxygens (including phenoxy) is 1. The van der Waals surface area contributed by atoms with Crippen molar-refractivity contribution in [1.82, 2.24) is 9.55 Å². The van der Waals surface area contributed by atoms with Crippen molar-refractivity contribution in [3.05, 3.63) is 24.0 Å². The number of fused-ring (bicyclic) bond motifs is 1. The standard InChI is InChI=1S/C16H23ClN2O/c1-5-20-13-8-6-7-12-15(13)18-14(9-10-17)19(12)11-16(2,3)4/h6-8H,5,9-11H2,1-4H3. The molecule has 1 heterocycles. The Labute approximate surface area is 125 Å². The van der Waals surface area contributed by atoms with Crippen molar-refractivity contribution in [3.8, 4) is 5.75 Å².